The van der Waals surface area contributed by atoms with Crippen molar-refractivity contribution in [2.75, 3.05) is 19.7 Å². The van der Waals surface area contributed by atoms with Crippen LogP contribution in [0.4, 0.5) is 0 Å². The number of aryl methyl sites for hydroxylation is 1. The Balaban J connectivity index is 1.24. The normalized spacial score (nSPS) is 20.0. The van der Waals surface area contributed by atoms with Gasteiger partial charge in [-0.2, -0.15) is 0 Å². The summed E-state index contributed by atoms with van der Waals surface area (Å²) in [5, 5.41) is 2.95. The summed E-state index contributed by atoms with van der Waals surface area (Å²) in [5.74, 6) is 0.234. The predicted octanol–water partition coefficient (Wildman–Crippen LogP) is 1.72. The summed E-state index contributed by atoms with van der Waals surface area (Å²) < 4.78 is 6.00. The lowest BCUT2D eigenvalue weighted by Gasteiger charge is -2.47. The van der Waals surface area contributed by atoms with E-state index in [1.165, 1.54) is 0 Å². The highest BCUT2D eigenvalue weighted by Crippen LogP contribution is 2.39. The Kier molecular flexibility index (Phi) is 5.09. The third-order valence-corrected chi connectivity index (χ3v) is 5.39. The molecule has 1 spiro atoms. The Bertz CT molecular complexity index is 865. The minimum absolute atomic E-state index is 0.0123. The maximum atomic E-state index is 12.6. The van der Waals surface area contributed by atoms with Crippen molar-refractivity contribution < 1.29 is 14.3 Å². The van der Waals surface area contributed by atoms with Crippen molar-refractivity contribution >= 4 is 11.8 Å². The number of likely N-dealkylation sites (tertiary alicyclic amines) is 1. The van der Waals surface area contributed by atoms with E-state index in [9.17, 15) is 9.59 Å². The Morgan fingerprint density at radius 2 is 2.04 bits per heavy atom. The zero-order valence-electron chi connectivity index (χ0n) is 15.9. The van der Waals surface area contributed by atoms with E-state index in [0.717, 1.165) is 17.7 Å². The highest BCUT2D eigenvalue weighted by molar-refractivity contribution is 5.95. The lowest BCUT2D eigenvalue weighted by Crippen LogP contribution is -2.63. The van der Waals surface area contributed by atoms with Crippen LogP contribution >= 0.6 is 0 Å². The topological polar surface area (TPSA) is 84.4 Å². The summed E-state index contributed by atoms with van der Waals surface area (Å²) >= 11 is 0. The molecule has 0 saturated carbocycles. The second-order valence-corrected chi connectivity index (χ2v) is 7.75. The Labute approximate surface area is 164 Å². The molecular weight excluding hydrogens is 356 g/mol. The third kappa shape index (κ3) is 4.04. The maximum Gasteiger partial charge on any atom is 0.254 e. The van der Waals surface area contributed by atoms with Crippen LogP contribution in [-0.2, 0) is 16.1 Å². The van der Waals surface area contributed by atoms with Gasteiger partial charge in [0.2, 0.25) is 5.91 Å². The fraction of sp³-hybridized carbons (Fsp3) is 0.429. The number of hydrogen-bond donors (Lipinski definition) is 1. The van der Waals surface area contributed by atoms with Gasteiger partial charge in [-0.15, -0.1) is 0 Å². The number of pyridine rings is 2. The first-order chi connectivity index (χ1) is 13.5. The molecule has 7 nitrogen and oxygen atoms in total. The highest BCUT2D eigenvalue weighted by Gasteiger charge is 2.51. The molecule has 28 heavy (non-hydrogen) atoms. The first-order valence-electron chi connectivity index (χ1n) is 9.54. The third-order valence-electron chi connectivity index (χ3n) is 5.39. The summed E-state index contributed by atoms with van der Waals surface area (Å²) in [4.78, 5) is 34.7. The standard InChI is InChI=1S/C21H24N4O3/c1-15-8-18(4-7-23-15)20(27)25-13-21(14-25)10-17(12-28-21)9-19(26)24-11-16-2-5-22-6-3-16/h2-8,17H,9-14H2,1H3,(H,24,26). The first-order valence-corrected chi connectivity index (χ1v) is 9.54. The quantitative estimate of drug-likeness (QED) is 0.854. The van der Waals surface area contributed by atoms with Crippen molar-refractivity contribution in [1.29, 1.82) is 0 Å². The maximum absolute atomic E-state index is 12.6. The number of nitrogens with one attached hydrogen (secondary N) is 1. The fourth-order valence-corrected chi connectivity index (χ4v) is 3.98. The fourth-order valence-electron chi connectivity index (χ4n) is 3.98. The van der Waals surface area contributed by atoms with Crippen LogP contribution in [0.15, 0.2) is 42.9 Å². The summed E-state index contributed by atoms with van der Waals surface area (Å²) in [5.41, 5.74) is 2.23. The van der Waals surface area contributed by atoms with Gasteiger partial charge in [0.05, 0.1) is 19.7 Å². The van der Waals surface area contributed by atoms with Crippen LogP contribution in [0.3, 0.4) is 0 Å². The molecule has 0 aromatic carbocycles. The zero-order chi connectivity index (χ0) is 19.6. The zero-order valence-corrected chi connectivity index (χ0v) is 15.9. The van der Waals surface area contributed by atoms with Gasteiger partial charge in [0.25, 0.3) is 5.91 Å². The molecule has 0 bridgehead atoms. The van der Waals surface area contributed by atoms with Gasteiger partial charge in [-0.05, 0) is 49.1 Å². The van der Waals surface area contributed by atoms with Crippen molar-refractivity contribution in [3.8, 4) is 0 Å². The molecule has 1 unspecified atom stereocenters. The average molecular weight is 380 g/mol. The van der Waals surface area contributed by atoms with E-state index in [1.807, 2.05) is 19.1 Å². The number of carbonyl (C=O) groups is 2. The number of rotatable bonds is 5. The second kappa shape index (κ2) is 7.67. The molecule has 7 heteroatoms. The molecule has 2 aliphatic heterocycles. The van der Waals surface area contributed by atoms with Gasteiger partial charge in [0.15, 0.2) is 0 Å². The molecule has 1 atom stereocenters. The Morgan fingerprint density at radius 3 is 2.79 bits per heavy atom. The van der Waals surface area contributed by atoms with Gasteiger partial charge in [-0.25, -0.2) is 0 Å². The first kappa shape index (κ1) is 18.6. The van der Waals surface area contributed by atoms with Gasteiger partial charge in [-0.3, -0.25) is 19.6 Å². The van der Waals surface area contributed by atoms with Crippen molar-refractivity contribution in [3.63, 3.8) is 0 Å². The van der Waals surface area contributed by atoms with Crippen LogP contribution in [0.2, 0.25) is 0 Å². The summed E-state index contributed by atoms with van der Waals surface area (Å²) in [6.07, 6.45) is 6.35. The van der Waals surface area contributed by atoms with Crippen LogP contribution in [-0.4, -0.2) is 52.0 Å². The molecule has 2 amide bonds. The molecule has 146 valence electrons. The van der Waals surface area contributed by atoms with Crippen molar-refractivity contribution in [2.24, 2.45) is 5.92 Å². The van der Waals surface area contributed by atoms with Gasteiger partial charge in [0.1, 0.15) is 5.60 Å². The molecule has 2 aromatic heterocycles. The largest absolute Gasteiger partial charge is 0.371 e. The molecule has 1 N–H and O–H groups in total. The van der Waals surface area contributed by atoms with Crippen molar-refractivity contribution in [3.05, 3.63) is 59.7 Å². The minimum Gasteiger partial charge on any atom is -0.371 e. The van der Waals surface area contributed by atoms with E-state index in [1.54, 1.807) is 35.6 Å². The molecule has 2 fully saturated rings. The summed E-state index contributed by atoms with van der Waals surface area (Å²) in [6, 6.07) is 7.32. The number of amides is 2. The summed E-state index contributed by atoms with van der Waals surface area (Å²) in [6.45, 7) is 4.12. The second-order valence-electron chi connectivity index (χ2n) is 7.75. The van der Waals surface area contributed by atoms with Gasteiger partial charge >= 0.3 is 0 Å². The van der Waals surface area contributed by atoms with E-state index in [4.69, 9.17) is 4.74 Å². The van der Waals surface area contributed by atoms with E-state index < -0.39 is 0 Å². The number of hydrogen-bond acceptors (Lipinski definition) is 5. The molecule has 2 aliphatic rings. The SMILES string of the molecule is Cc1cc(C(=O)N2CC3(CC(CC(=O)NCc4ccncc4)CO3)C2)ccn1. The number of ether oxygens (including phenoxy) is 1. The van der Waals surface area contributed by atoms with E-state index >= 15 is 0 Å². The van der Waals surface area contributed by atoms with E-state index in [-0.39, 0.29) is 23.3 Å². The van der Waals surface area contributed by atoms with Gasteiger partial charge < -0.3 is 15.0 Å². The smallest absolute Gasteiger partial charge is 0.254 e. The van der Waals surface area contributed by atoms with Crippen LogP contribution < -0.4 is 5.32 Å². The van der Waals surface area contributed by atoms with Crippen LogP contribution in [0.5, 0.6) is 0 Å². The molecule has 2 saturated heterocycles. The lowest BCUT2D eigenvalue weighted by molar-refractivity contribution is -0.122. The van der Waals surface area contributed by atoms with Crippen LogP contribution in [0.25, 0.3) is 0 Å². The molecule has 0 aliphatic carbocycles. The molecule has 2 aromatic rings. The molecular formula is C21H24N4O3. The number of nitrogens with zero attached hydrogens (tertiary/aromatic N) is 3. The monoisotopic (exact) mass is 380 g/mol. The van der Waals surface area contributed by atoms with E-state index in [0.29, 0.717) is 38.2 Å². The van der Waals surface area contributed by atoms with Crippen LogP contribution in [0.1, 0.15) is 34.5 Å². The highest BCUT2D eigenvalue weighted by atomic mass is 16.5. The van der Waals surface area contributed by atoms with Crippen molar-refractivity contribution in [1.82, 2.24) is 20.2 Å². The van der Waals surface area contributed by atoms with Crippen molar-refractivity contribution in [2.45, 2.75) is 31.9 Å². The van der Waals surface area contributed by atoms with E-state index in [2.05, 4.69) is 15.3 Å². The minimum atomic E-state index is -0.284. The summed E-state index contributed by atoms with van der Waals surface area (Å²) in [7, 11) is 0. The van der Waals surface area contributed by atoms with Gasteiger partial charge in [0, 0.05) is 42.8 Å². The lowest BCUT2D eigenvalue weighted by atomic mass is 9.85. The Morgan fingerprint density at radius 1 is 1.25 bits per heavy atom. The molecule has 4 rings (SSSR count). The molecule has 0 radical (unpaired) electrons. The predicted molar refractivity (Wildman–Crippen MR) is 102 cm³/mol. The average Bonchev–Trinajstić information content (AvgIpc) is 3.09. The Hall–Kier alpha value is -2.80. The number of aromatic nitrogens is 2. The number of carbonyl (C=O) groups excluding carboxylic acids is 2. The molecule has 4 heterocycles. The van der Waals surface area contributed by atoms with Gasteiger partial charge in [-0.1, -0.05) is 0 Å². The van der Waals surface area contributed by atoms with Crippen LogP contribution in [0, 0.1) is 12.8 Å².